The van der Waals surface area contributed by atoms with Crippen LogP contribution in [0.25, 0.3) is 0 Å². The van der Waals surface area contributed by atoms with Gasteiger partial charge < -0.3 is 10.4 Å². The Kier molecular flexibility index (Phi) is 4.21. The van der Waals surface area contributed by atoms with E-state index in [4.69, 9.17) is 10.4 Å². The number of aliphatic carboxylic acids is 1. The van der Waals surface area contributed by atoms with Gasteiger partial charge in [0.05, 0.1) is 22.1 Å². The molecule has 0 bridgehead atoms. The molecule has 18 heavy (non-hydrogen) atoms. The molecular formula is C11H11N3O4. The number of nitro benzene ring substituents is 1. The summed E-state index contributed by atoms with van der Waals surface area (Å²) >= 11 is 0. The standard InChI is InChI=1S/C11H11N3O4/c1-7(11(15)16)6-13-10-3-2-9(14(17)18)4-8(10)5-12/h2-4,7,13H,6H2,1H3,(H,15,16). The van der Waals surface area contributed by atoms with Crippen LogP contribution in [0.15, 0.2) is 18.2 Å². The molecule has 0 aliphatic carbocycles. The van der Waals surface area contributed by atoms with Gasteiger partial charge >= 0.3 is 5.97 Å². The van der Waals surface area contributed by atoms with E-state index in [0.717, 1.165) is 6.07 Å². The third kappa shape index (κ3) is 3.18. The molecule has 1 rings (SSSR count). The molecule has 0 fully saturated rings. The predicted molar refractivity (Wildman–Crippen MR) is 63.1 cm³/mol. The first-order chi connectivity index (χ1) is 8.45. The maximum Gasteiger partial charge on any atom is 0.308 e. The van der Waals surface area contributed by atoms with Crippen molar-refractivity contribution in [3.8, 4) is 6.07 Å². The largest absolute Gasteiger partial charge is 0.481 e. The molecule has 0 aliphatic heterocycles. The van der Waals surface area contributed by atoms with Crippen molar-refractivity contribution in [2.45, 2.75) is 6.92 Å². The van der Waals surface area contributed by atoms with Crippen LogP contribution in [0.2, 0.25) is 0 Å². The fraction of sp³-hybridized carbons (Fsp3) is 0.273. The Morgan fingerprint density at radius 3 is 2.83 bits per heavy atom. The third-order valence-electron chi connectivity index (χ3n) is 2.35. The number of carbonyl (C=O) groups is 1. The fourth-order valence-corrected chi connectivity index (χ4v) is 1.24. The Morgan fingerprint density at radius 1 is 1.67 bits per heavy atom. The minimum atomic E-state index is -0.956. The van der Waals surface area contributed by atoms with Crippen molar-refractivity contribution in [1.29, 1.82) is 5.26 Å². The lowest BCUT2D eigenvalue weighted by Gasteiger charge is -2.10. The first-order valence-corrected chi connectivity index (χ1v) is 5.11. The molecule has 1 atom stereocenters. The Balaban J connectivity index is 2.87. The van der Waals surface area contributed by atoms with Gasteiger partial charge in [-0.25, -0.2) is 0 Å². The number of hydrogen-bond acceptors (Lipinski definition) is 5. The monoisotopic (exact) mass is 249 g/mol. The molecule has 1 aromatic rings. The molecule has 0 saturated heterocycles. The highest BCUT2D eigenvalue weighted by molar-refractivity contribution is 5.71. The van der Waals surface area contributed by atoms with E-state index in [9.17, 15) is 14.9 Å². The highest BCUT2D eigenvalue weighted by Crippen LogP contribution is 2.21. The first-order valence-electron chi connectivity index (χ1n) is 5.11. The van der Waals surface area contributed by atoms with E-state index in [1.807, 2.05) is 6.07 Å². The Labute approximate surface area is 103 Å². The molecule has 1 aromatic carbocycles. The summed E-state index contributed by atoms with van der Waals surface area (Å²) in [5, 5.41) is 30.9. The molecule has 7 nitrogen and oxygen atoms in total. The van der Waals surface area contributed by atoms with E-state index >= 15 is 0 Å². The number of carboxylic acid groups (broad SMARTS) is 1. The molecule has 0 heterocycles. The quantitative estimate of drug-likeness (QED) is 0.604. The highest BCUT2D eigenvalue weighted by Gasteiger charge is 2.13. The van der Waals surface area contributed by atoms with Gasteiger partial charge in [-0.1, -0.05) is 6.92 Å². The average Bonchev–Trinajstić information content (AvgIpc) is 2.35. The van der Waals surface area contributed by atoms with Gasteiger partial charge in [0.2, 0.25) is 0 Å². The van der Waals surface area contributed by atoms with E-state index < -0.39 is 16.8 Å². The molecule has 0 amide bonds. The van der Waals surface area contributed by atoms with Gasteiger partial charge in [0.25, 0.3) is 5.69 Å². The molecule has 2 N–H and O–H groups in total. The van der Waals surface area contributed by atoms with Gasteiger partial charge in [-0.15, -0.1) is 0 Å². The predicted octanol–water partition coefficient (Wildman–Crippen LogP) is 1.60. The molecule has 0 spiro atoms. The van der Waals surface area contributed by atoms with Crippen LogP contribution in [-0.2, 0) is 4.79 Å². The number of nitrogens with zero attached hydrogens (tertiary/aromatic N) is 2. The van der Waals surface area contributed by atoms with E-state index in [2.05, 4.69) is 5.32 Å². The number of nitrogens with one attached hydrogen (secondary N) is 1. The molecule has 0 radical (unpaired) electrons. The minimum Gasteiger partial charge on any atom is -0.481 e. The molecule has 94 valence electrons. The molecule has 0 aliphatic rings. The van der Waals surface area contributed by atoms with Crippen LogP contribution in [0.3, 0.4) is 0 Å². The number of benzene rings is 1. The summed E-state index contributed by atoms with van der Waals surface area (Å²) < 4.78 is 0. The maximum absolute atomic E-state index is 10.6. The lowest BCUT2D eigenvalue weighted by Crippen LogP contribution is -2.20. The van der Waals surface area contributed by atoms with Gasteiger partial charge in [-0.3, -0.25) is 14.9 Å². The number of hydrogen-bond donors (Lipinski definition) is 2. The number of nitro groups is 1. The second-order valence-electron chi connectivity index (χ2n) is 3.72. The number of carboxylic acids is 1. The van der Waals surface area contributed by atoms with Gasteiger partial charge in [0.1, 0.15) is 6.07 Å². The van der Waals surface area contributed by atoms with Crippen LogP contribution >= 0.6 is 0 Å². The smallest absolute Gasteiger partial charge is 0.308 e. The van der Waals surface area contributed by atoms with Crippen LogP contribution in [-0.4, -0.2) is 22.5 Å². The zero-order valence-electron chi connectivity index (χ0n) is 9.58. The number of anilines is 1. The van der Waals surface area contributed by atoms with Gasteiger partial charge in [0, 0.05) is 18.7 Å². The SMILES string of the molecule is CC(CNc1ccc([N+](=O)[O-])cc1C#N)C(=O)O. The second-order valence-corrected chi connectivity index (χ2v) is 3.72. The average molecular weight is 249 g/mol. The molecule has 1 unspecified atom stereocenters. The molecular weight excluding hydrogens is 238 g/mol. The first kappa shape index (κ1) is 13.4. The van der Waals surface area contributed by atoms with E-state index in [-0.39, 0.29) is 17.8 Å². The fourth-order valence-electron chi connectivity index (χ4n) is 1.24. The van der Waals surface area contributed by atoms with Gasteiger partial charge in [-0.2, -0.15) is 5.26 Å². The topological polar surface area (TPSA) is 116 Å². The van der Waals surface area contributed by atoms with Gasteiger partial charge in [0.15, 0.2) is 0 Å². The molecule has 7 heteroatoms. The number of non-ortho nitro benzene ring substituents is 1. The summed E-state index contributed by atoms with van der Waals surface area (Å²) in [5.41, 5.74) is 0.321. The zero-order chi connectivity index (χ0) is 13.7. The number of rotatable bonds is 5. The van der Waals surface area contributed by atoms with Crippen molar-refractivity contribution >= 4 is 17.3 Å². The highest BCUT2D eigenvalue weighted by atomic mass is 16.6. The lowest BCUT2D eigenvalue weighted by atomic mass is 10.1. The van der Waals surface area contributed by atoms with Crippen molar-refractivity contribution in [2.75, 3.05) is 11.9 Å². The summed E-state index contributed by atoms with van der Waals surface area (Å²) in [6, 6.07) is 5.63. The number of nitriles is 1. The van der Waals surface area contributed by atoms with Crippen molar-refractivity contribution in [3.05, 3.63) is 33.9 Å². The zero-order valence-corrected chi connectivity index (χ0v) is 9.58. The van der Waals surface area contributed by atoms with Crippen LogP contribution in [0.4, 0.5) is 11.4 Å². The lowest BCUT2D eigenvalue weighted by molar-refractivity contribution is -0.384. The second kappa shape index (κ2) is 5.63. The van der Waals surface area contributed by atoms with E-state index in [1.165, 1.54) is 19.1 Å². The summed E-state index contributed by atoms with van der Waals surface area (Å²) in [6.45, 7) is 1.66. The Hall–Kier alpha value is -2.62. The summed E-state index contributed by atoms with van der Waals surface area (Å²) in [5.74, 6) is -1.57. The van der Waals surface area contributed by atoms with Crippen molar-refractivity contribution < 1.29 is 14.8 Å². The minimum absolute atomic E-state index is 0.113. The van der Waals surface area contributed by atoms with Gasteiger partial charge in [-0.05, 0) is 6.07 Å². The molecule has 0 saturated carbocycles. The Bertz CT molecular complexity index is 522. The summed E-state index contributed by atoms with van der Waals surface area (Å²) in [6.07, 6.45) is 0. The van der Waals surface area contributed by atoms with Crippen molar-refractivity contribution in [1.82, 2.24) is 0 Å². The van der Waals surface area contributed by atoms with Crippen LogP contribution in [0, 0.1) is 27.4 Å². The van der Waals surface area contributed by atoms with Crippen LogP contribution in [0.1, 0.15) is 12.5 Å². The summed E-state index contributed by atoms with van der Waals surface area (Å²) in [7, 11) is 0. The maximum atomic E-state index is 10.6. The third-order valence-corrected chi connectivity index (χ3v) is 2.35. The summed E-state index contributed by atoms with van der Waals surface area (Å²) in [4.78, 5) is 20.6. The van der Waals surface area contributed by atoms with E-state index in [1.54, 1.807) is 0 Å². The Morgan fingerprint density at radius 2 is 2.33 bits per heavy atom. The van der Waals surface area contributed by atoms with E-state index in [0.29, 0.717) is 5.69 Å². The van der Waals surface area contributed by atoms with Crippen LogP contribution in [0.5, 0.6) is 0 Å². The van der Waals surface area contributed by atoms with Crippen molar-refractivity contribution in [3.63, 3.8) is 0 Å². The normalized spacial score (nSPS) is 11.3. The molecule has 0 aromatic heterocycles. The van der Waals surface area contributed by atoms with Crippen molar-refractivity contribution in [2.24, 2.45) is 5.92 Å². The van der Waals surface area contributed by atoms with Crippen LogP contribution < -0.4 is 5.32 Å².